The average molecular weight is 269 g/mol. The van der Waals surface area contributed by atoms with Crippen LogP contribution < -0.4 is 11.1 Å². The molecule has 0 bridgehead atoms. The minimum Gasteiger partial charge on any atom is -0.384 e. The van der Waals surface area contributed by atoms with Crippen LogP contribution in [0.25, 0.3) is 0 Å². The summed E-state index contributed by atoms with van der Waals surface area (Å²) < 4.78 is 26.4. The Balaban J connectivity index is 2.29. The smallest absolute Gasteiger partial charge is 0.327 e. The number of H-pyrrole nitrogens is 1. The van der Waals surface area contributed by atoms with Crippen molar-refractivity contribution >= 4 is 17.2 Å². The average Bonchev–Trinajstić information content (AvgIpc) is 2.70. The van der Waals surface area contributed by atoms with Crippen molar-refractivity contribution in [3.8, 4) is 0 Å². The van der Waals surface area contributed by atoms with Crippen LogP contribution in [0.4, 0.5) is 26.0 Å². The van der Waals surface area contributed by atoms with E-state index in [9.17, 15) is 18.9 Å². The van der Waals surface area contributed by atoms with Crippen LogP contribution in [0.15, 0.2) is 18.3 Å². The van der Waals surface area contributed by atoms with E-state index in [1.54, 1.807) is 0 Å². The zero-order valence-electron chi connectivity index (χ0n) is 9.48. The van der Waals surface area contributed by atoms with Crippen LogP contribution in [0, 0.1) is 21.7 Å². The van der Waals surface area contributed by atoms with Crippen molar-refractivity contribution in [3.63, 3.8) is 0 Å². The first-order valence-electron chi connectivity index (χ1n) is 5.14. The number of hydrogen-bond donors (Lipinski definition) is 3. The topological polar surface area (TPSA) is 110 Å². The van der Waals surface area contributed by atoms with Gasteiger partial charge in [-0.3, -0.25) is 15.2 Å². The molecule has 9 heteroatoms. The van der Waals surface area contributed by atoms with E-state index in [4.69, 9.17) is 5.73 Å². The molecular formula is C10H9F2N5O2. The number of rotatable bonds is 4. The van der Waals surface area contributed by atoms with Crippen molar-refractivity contribution in [2.24, 2.45) is 0 Å². The number of nitro groups is 1. The molecule has 0 spiro atoms. The number of hydrogen-bond acceptors (Lipinski definition) is 5. The minimum atomic E-state index is -1.24. The number of nitrogens with zero attached hydrogens (tertiary/aromatic N) is 2. The fourth-order valence-electron chi connectivity index (χ4n) is 1.54. The lowest BCUT2D eigenvalue weighted by Gasteiger charge is -2.07. The third-order valence-corrected chi connectivity index (χ3v) is 2.43. The first-order valence-corrected chi connectivity index (χ1v) is 5.14. The van der Waals surface area contributed by atoms with Gasteiger partial charge in [0, 0.05) is 24.2 Å². The summed E-state index contributed by atoms with van der Waals surface area (Å²) in [4.78, 5) is 9.82. The summed E-state index contributed by atoms with van der Waals surface area (Å²) >= 11 is 0. The summed E-state index contributed by atoms with van der Waals surface area (Å²) in [5.74, 6) is -1.88. The summed E-state index contributed by atoms with van der Waals surface area (Å²) in [6, 6.07) is 1.30. The molecule has 0 saturated heterocycles. The van der Waals surface area contributed by atoms with Crippen LogP contribution in [0.3, 0.4) is 0 Å². The van der Waals surface area contributed by atoms with Crippen molar-refractivity contribution in [2.75, 3.05) is 11.1 Å². The molecule has 19 heavy (non-hydrogen) atoms. The van der Waals surface area contributed by atoms with E-state index in [2.05, 4.69) is 15.5 Å². The monoisotopic (exact) mass is 269 g/mol. The van der Waals surface area contributed by atoms with E-state index >= 15 is 0 Å². The zero-order chi connectivity index (χ0) is 14.0. The Kier molecular flexibility index (Phi) is 3.27. The van der Waals surface area contributed by atoms with E-state index in [1.165, 1.54) is 6.20 Å². The molecule has 0 unspecified atom stereocenters. The Labute approximate surface area is 105 Å². The lowest BCUT2D eigenvalue weighted by molar-refractivity contribution is -0.386. The van der Waals surface area contributed by atoms with Crippen molar-refractivity contribution in [3.05, 3.63) is 45.6 Å². The molecule has 0 amide bonds. The molecule has 7 nitrogen and oxygen atoms in total. The SMILES string of the molecule is Nc1[nH]ncc1CNc1cc(F)cc(F)c1[N+](=O)[O-]. The molecule has 0 atom stereocenters. The van der Waals surface area contributed by atoms with Gasteiger partial charge in [-0.15, -0.1) is 0 Å². The Morgan fingerprint density at radius 1 is 1.47 bits per heavy atom. The second-order valence-corrected chi connectivity index (χ2v) is 3.70. The van der Waals surface area contributed by atoms with Gasteiger partial charge in [0.2, 0.25) is 5.82 Å². The van der Waals surface area contributed by atoms with Gasteiger partial charge in [-0.05, 0) is 0 Å². The van der Waals surface area contributed by atoms with Gasteiger partial charge >= 0.3 is 5.69 Å². The normalized spacial score (nSPS) is 10.4. The first-order chi connectivity index (χ1) is 8.99. The summed E-state index contributed by atoms with van der Waals surface area (Å²) in [5.41, 5.74) is 4.97. The highest BCUT2D eigenvalue weighted by atomic mass is 19.1. The highest BCUT2D eigenvalue weighted by Crippen LogP contribution is 2.29. The molecule has 0 aliphatic heterocycles. The second-order valence-electron chi connectivity index (χ2n) is 3.70. The predicted octanol–water partition coefficient (Wildman–Crippen LogP) is 1.79. The quantitative estimate of drug-likeness (QED) is 0.579. The Morgan fingerprint density at radius 2 is 2.21 bits per heavy atom. The highest BCUT2D eigenvalue weighted by Gasteiger charge is 2.22. The van der Waals surface area contributed by atoms with Crippen LogP contribution in [0.2, 0.25) is 0 Å². The van der Waals surface area contributed by atoms with Gasteiger partial charge in [-0.25, -0.2) is 4.39 Å². The molecule has 2 rings (SSSR count). The number of nitrogens with two attached hydrogens (primary N) is 1. The lowest BCUT2D eigenvalue weighted by Crippen LogP contribution is -2.06. The van der Waals surface area contributed by atoms with E-state index in [-0.39, 0.29) is 18.1 Å². The molecule has 0 radical (unpaired) electrons. The maximum atomic E-state index is 13.3. The fourth-order valence-corrected chi connectivity index (χ4v) is 1.54. The highest BCUT2D eigenvalue weighted by molar-refractivity contribution is 5.62. The Bertz CT molecular complexity index is 628. The molecule has 0 aliphatic rings. The van der Waals surface area contributed by atoms with Crippen LogP contribution in [0.5, 0.6) is 0 Å². The Morgan fingerprint density at radius 3 is 2.79 bits per heavy atom. The summed E-state index contributed by atoms with van der Waals surface area (Å²) in [5, 5.41) is 19.4. The predicted molar refractivity (Wildman–Crippen MR) is 63.3 cm³/mol. The van der Waals surface area contributed by atoms with E-state index in [1.807, 2.05) is 0 Å². The Hall–Kier alpha value is -2.71. The number of nitro benzene ring substituents is 1. The van der Waals surface area contributed by atoms with E-state index < -0.39 is 22.2 Å². The van der Waals surface area contributed by atoms with Crippen molar-refractivity contribution < 1.29 is 13.7 Å². The number of anilines is 2. The zero-order valence-corrected chi connectivity index (χ0v) is 9.48. The third-order valence-electron chi connectivity index (χ3n) is 2.43. The van der Waals surface area contributed by atoms with Crippen molar-refractivity contribution in [1.82, 2.24) is 10.2 Å². The molecule has 100 valence electrons. The number of aromatic amines is 1. The largest absolute Gasteiger partial charge is 0.384 e. The molecule has 0 saturated carbocycles. The maximum Gasteiger partial charge on any atom is 0.327 e. The minimum absolute atomic E-state index is 0.0477. The second kappa shape index (κ2) is 4.88. The van der Waals surface area contributed by atoms with Gasteiger partial charge in [0.15, 0.2) is 0 Å². The lowest BCUT2D eigenvalue weighted by atomic mass is 10.2. The van der Waals surface area contributed by atoms with E-state index in [0.29, 0.717) is 11.6 Å². The third kappa shape index (κ3) is 2.59. The molecule has 0 fully saturated rings. The molecular weight excluding hydrogens is 260 g/mol. The molecule has 2 aromatic rings. The van der Waals surface area contributed by atoms with Crippen LogP contribution in [-0.4, -0.2) is 15.1 Å². The molecule has 1 heterocycles. The molecule has 4 N–H and O–H groups in total. The van der Waals surface area contributed by atoms with Gasteiger partial charge in [0.05, 0.1) is 11.1 Å². The number of aromatic nitrogens is 2. The van der Waals surface area contributed by atoms with Gasteiger partial charge in [-0.1, -0.05) is 0 Å². The van der Waals surface area contributed by atoms with Crippen LogP contribution >= 0.6 is 0 Å². The van der Waals surface area contributed by atoms with Gasteiger partial charge in [0.25, 0.3) is 0 Å². The standard InChI is InChI=1S/C10H9F2N5O2/c11-6-1-7(12)9(17(18)19)8(2-6)14-3-5-4-15-16-10(5)13/h1-2,4,14H,3H2,(H3,13,15,16). The number of nitrogens with one attached hydrogen (secondary N) is 2. The van der Waals surface area contributed by atoms with Crippen molar-refractivity contribution in [1.29, 1.82) is 0 Å². The molecule has 0 aliphatic carbocycles. The van der Waals surface area contributed by atoms with Gasteiger partial charge in [-0.2, -0.15) is 9.49 Å². The summed E-state index contributed by atoms with van der Waals surface area (Å²) in [6.45, 7) is 0.0477. The first kappa shape index (κ1) is 12.7. The molecule has 1 aromatic carbocycles. The van der Waals surface area contributed by atoms with Gasteiger partial charge < -0.3 is 11.1 Å². The fraction of sp³-hybridized carbons (Fsp3) is 0.100. The van der Waals surface area contributed by atoms with Crippen molar-refractivity contribution in [2.45, 2.75) is 6.54 Å². The summed E-state index contributed by atoms with van der Waals surface area (Å²) in [6.07, 6.45) is 1.41. The number of halogens is 2. The van der Waals surface area contributed by atoms with E-state index in [0.717, 1.165) is 6.07 Å². The molecule has 1 aromatic heterocycles. The summed E-state index contributed by atoms with van der Waals surface area (Å²) in [7, 11) is 0. The number of benzene rings is 1. The number of nitrogen functional groups attached to an aromatic ring is 1. The van der Waals surface area contributed by atoms with Crippen LogP contribution in [-0.2, 0) is 6.54 Å². The van der Waals surface area contributed by atoms with Gasteiger partial charge in [0.1, 0.15) is 17.3 Å². The van der Waals surface area contributed by atoms with Crippen LogP contribution in [0.1, 0.15) is 5.56 Å². The maximum absolute atomic E-state index is 13.3.